The van der Waals surface area contributed by atoms with Gasteiger partial charge in [-0.2, -0.15) is 0 Å². The highest BCUT2D eigenvalue weighted by molar-refractivity contribution is 5.97. The molecule has 0 atom stereocenters. The van der Waals surface area contributed by atoms with Gasteiger partial charge in [0.25, 0.3) is 5.91 Å². The van der Waals surface area contributed by atoms with Crippen molar-refractivity contribution in [3.8, 4) is 0 Å². The molecule has 0 aliphatic heterocycles. The van der Waals surface area contributed by atoms with Crippen molar-refractivity contribution in [3.63, 3.8) is 0 Å². The highest BCUT2D eigenvalue weighted by atomic mass is 16.5. The number of carbonyl (C=O) groups is 2. The highest BCUT2D eigenvalue weighted by Crippen LogP contribution is 2.21. The molecule has 0 heterocycles. The summed E-state index contributed by atoms with van der Waals surface area (Å²) in [6.07, 6.45) is 0.818. The zero-order chi connectivity index (χ0) is 18.6. The molecule has 1 N–H and O–H groups in total. The third-order valence-corrected chi connectivity index (χ3v) is 4.22. The fourth-order valence-electron chi connectivity index (χ4n) is 3.08. The summed E-state index contributed by atoms with van der Waals surface area (Å²) in [5, 5.41) is 2.86. The van der Waals surface area contributed by atoms with E-state index in [1.165, 1.54) is 0 Å². The molecule has 2 aromatic rings. The minimum atomic E-state index is -0.467. The third kappa shape index (κ3) is 4.47. The van der Waals surface area contributed by atoms with Crippen molar-refractivity contribution in [1.82, 2.24) is 0 Å². The van der Waals surface area contributed by atoms with Crippen LogP contribution in [0.3, 0.4) is 0 Å². The smallest absolute Gasteiger partial charge is 0.339 e. The van der Waals surface area contributed by atoms with Gasteiger partial charge in [0.15, 0.2) is 6.61 Å². The van der Waals surface area contributed by atoms with Crippen molar-refractivity contribution in [1.29, 1.82) is 0 Å². The molecule has 4 nitrogen and oxygen atoms in total. The molecule has 0 bridgehead atoms. The molecule has 0 aliphatic carbocycles. The summed E-state index contributed by atoms with van der Waals surface area (Å²) in [6, 6.07) is 9.76. The van der Waals surface area contributed by atoms with Gasteiger partial charge >= 0.3 is 5.97 Å². The van der Waals surface area contributed by atoms with Crippen LogP contribution in [0.15, 0.2) is 30.3 Å². The van der Waals surface area contributed by atoms with Crippen LogP contribution in [0.1, 0.15) is 45.1 Å². The van der Waals surface area contributed by atoms with Crippen molar-refractivity contribution in [2.75, 3.05) is 11.9 Å². The number of esters is 1. The third-order valence-electron chi connectivity index (χ3n) is 4.22. The van der Waals surface area contributed by atoms with Gasteiger partial charge in [-0.25, -0.2) is 4.79 Å². The van der Waals surface area contributed by atoms with Gasteiger partial charge in [0.05, 0.1) is 5.56 Å². The largest absolute Gasteiger partial charge is 0.452 e. The number of para-hydroxylation sites is 1. The van der Waals surface area contributed by atoms with E-state index in [4.69, 9.17) is 4.74 Å². The maximum absolute atomic E-state index is 12.3. The normalized spacial score (nSPS) is 10.4. The fourth-order valence-corrected chi connectivity index (χ4v) is 3.08. The molecule has 2 aromatic carbocycles. The summed E-state index contributed by atoms with van der Waals surface area (Å²) in [5.41, 5.74) is 6.19. The second kappa shape index (κ2) is 7.97. The molecule has 1 amide bonds. The van der Waals surface area contributed by atoms with Crippen molar-refractivity contribution in [2.24, 2.45) is 0 Å². The second-order valence-electron chi connectivity index (χ2n) is 6.36. The lowest BCUT2D eigenvalue weighted by Crippen LogP contribution is -2.22. The van der Waals surface area contributed by atoms with Crippen LogP contribution in [0.2, 0.25) is 0 Å². The molecule has 4 heteroatoms. The Morgan fingerprint density at radius 2 is 1.64 bits per heavy atom. The van der Waals surface area contributed by atoms with Gasteiger partial charge in [-0.05, 0) is 56.4 Å². The lowest BCUT2D eigenvalue weighted by atomic mass is 10.00. The first kappa shape index (κ1) is 18.7. The van der Waals surface area contributed by atoms with E-state index in [1.54, 1.807) is 0 Å². The van der Waals surface area contributed by atoms with Crippen molar-refractivity contribution in [3.05, 3.63) is 63.7 Å². The standard InChI is InChI=1S/C21H25NO3/c1-6-17-9-7-8-14(3)20(17)22-18(23)12-25-21(24)19-15(4)10-13(2)11-16(19)5/h7-11H,6,12H2,1-5H3,(H,22,23). The zero-order valence-corrected chi connectivity index (χ0v) is 15.5. The van der Waals surface area contributed by atoms with Gasteiger partial charge in [0, 0.05) is 5.69 Å². The number of aryl methyl sites for hydroxylation is 5. The van der Waals surface area contributed by atoms with Crippen molar-refractivity contribution in [2.45, 2.75) is 41.0 Å². The number of anilines is 1. The van der Waals surface area contributed by atoms with Crippen LogP contribution in [0.5, 0.6) is 0 Å². The first-order chi connectivity index (χ1) is 11.8. The van der Waals surface area contributed by atoms with E-state index in [1.807, 2.05) is 65.0 Å². The van der Waals surface area contributed by atoms with E-state index in [9.17, 15) is 9.59 Å². The number of hydrogen-bond acceptors (Lipinski definition) is 3. The summed E-state index contributed by atoms with van der Waals surface area (Å²) in [7, 11) is 0. The van der Waals surface area contributed by atoms with Gasteiger partial charge in [0.2, 0.25) is 0 Å². The van der Waals surface area contributed by atoms with Crippen molar-refractivity contribution < 1.29 is 14.3 Å². The predicted molar refractivity (Wildman–Crippen MR) is 100 cm³/mol. The predicted octanol–water partition coefficient (Wildman–Crippen LogP) is 4.28. The molecule has 0 saturated carbocycles. The zero-order valence-electron chi connectivity index (χ0n) is 15.5. The Kier molecular flexibility index (Phi) is 5.97. The molecular formula is C21H25NO3. The van der Waals surface area contributed by atoms with Crippen LogP contribution < -0.4 is 5.32 Å². The maximum atomic E-state index is 12.3. The first-order valence-corrected chi connectivity index (χ1v) is 8.46. The summed E-state index contributed by atoms with van der Waals surface area (Å²) in [4.78, 5) is 24.5. The van der Waals surface area contributed by atoms with Gasteiger partial charge < -0.3 is 10.1 Å². The van der Waals surface area contributed by atoms with Crippen LogP contribution >= 0.6 is 0 Å². The molecule has 25 heavy (non-hydrogen) atoms. The van der Waals surface area contributed by atoms with Crippen LogP contribution in [0.25, 0.3) is 0 Å². The van der Waals surface area contributed by atoms with E-state index in [2.05, 4.69) is 5.32 Å². The molecule has 0 spiro atoms. The number of rotatable bonds is 5. The van der Waals surface area contributed by atoms with Gasteiger partial charge in [-0.3, -0.25) is 4.79 Å². The highest BCUT2D eigenvalue weighted by Gasteiger charge is 2.16. The van der Waals surface area contributed by atoms with Gasteiger partial charge in [0.1, 0.15) is 0 Å². The SMILES string of the molecule is CCc1cccc(C)c1NC(=O)COC(=O)c1c(C)cc(C)cc1C. The molecule has 0 aromatic heterocycles. The van der Waals surface area contributed by atoms with Crippen LogP contribution in [-0.4, -0.2) is 18.5 Å². The molecule has 0 saturated heterocycles. The summed E-state index contributed by atoms with van der Waals surface area (Å²) in [6.45, 7) is 9.40. The number of nitrogens with one attached hydrogen (secondary N) is 1. The number of carbonyl (C=O) groups excluding carboxylic acids is 2. The fraction of sp³-hybridized carbons (Fsp3) is 0.333. The van der Waals surface area contributed by atoms with Gasteiger partial charge in [-0.15, -0.1) is 0 Å². The monoisotopic (exact) mass is 339 g/mol. The summed E-state index contributed by atoms with van der Waals surface area (Å²) in [5.74, 6) is -0.801. The van der Waals surface area contributed by atoms with E-state index >= 15 is 0 Å². The van der Waals surface area contributed by atoms with Crippen LogP contribution in [0, 0.1) is 27.7 Å². The van der Waals surface area contributed by atoms with E-state index < -0.39 is 5.97 Å². The lowest BCUT2D eigenvalue weighted by Gasteiger charge is -2.14. The molecular weight excluding hydrogens is 314 g/mol. The van der Waals surface area contributed by atoms with Crippen LogP contribution in [0.4, 0.5) is 5.69 Å². The van der Waals surface area contributed by atoms with E-state index in [-0.39, 0.29) is 12.5 Å². The minimum absolute atomic E-state index is 0.303. The Hall–Kier alpha value is -2.62. The van der Waals surface area contributed by atoms with E-state index in [0.717, 1.165) is 39.9 Å². The quantitative estimate of drug-likeness (QED) is 0.827. The maximum Gasteiger partial charge on any atom is 0.339 e. The average Bonchev–Trinajstić information content (AvgIpc) is 2.53. The first-order valence-electron chi connectivity index (χ1n) is 8.46. The van der Waals surface area contributed by atoms with Gasteiger partial charge in [-0.1, -0.05) is 42.8 Å². The Bertz CT molecular complexity index is 786. The Morgan fingerprint density at radius 1 is 1.00 bits per heavy atom. The lowest BCUT2D eigenvalue weighted by molar-refractivity contribution is -0.119. The van der Waals surface area contributed by atoms with Crippen molar-refractivity contribution >= 4 is 17.6 Å². The molecule has 0 radical (unpaired) electrons. The number of amides is 1. The molecule has 0 aliphatic rings. The van der Waals surface area contributed by atoms with Crippen LogP contribution in [-0.2, 0) is 16.0 Å². The number of ether oxygens (including phenoxy) is 1. The second-order valence-corrected chi connectivity index (χ2v) is 6.36. The Morgan fingerprint density at radius 3 is 2.24 bits per heavy atom. The Balaban J connectivity index is 2.05. The summed E-state index contributed by atoms with van der Waals surface area (Å²) >= 11 is 0. The Labute approximate surface area is 149 Å². The summed E-state index contributed by atoms with van der Waals surface area (Å²) < 4.78 is 5.23. The molecule has 132 valence electrons. The average molecular weight is 339 g/mol. The minimum Gasteiger partial charge on any atom is -0.452 e. The van der Waals surface area contributed by atoms with E-state index in [0.29, 0.717) is 5.56 Å². The number of hydrogen-bond donors (Lipinski definition) is 1. The molecule has 2 rings (SSSR count). The topological polar surface area (TPSA) is 55.4 Å². The number of benzene rings is 2. The molecule has 0 fully saturated rings. The molecule has 0 unspecified atom stereocenters.